The van der Waals surface area contributed by atoms with E-state index in [1.165, 1.54) is 19.3 Å². The monoisotopic (exact) mass is 375 g/mol. The van der Waals surface area contributed by atoms with Crippen LogP contribution >= 0.6 is 0 Å². The number of hydrogen-bond donors (Lipinski definition) is 1. The molecule has 0 aromatic carbocycles. The number of aliphatic hydroxyl groups excluding tert-OH is 1. The summed E-state index contributed by atoms with van der Waals surface area (Å²) in [6.07, 6.45) is 4.13. The van der Waals surface area contributed by atoms with Crippen LogP contribution in [0.5, 0.6) is 0 Å². The molecule has 0 aromatic heterocycles. The third-order valence-corrected chi connectivity index (χ3v) is 2.05. The van der Waals surface area contributed by atoms with Gasteiger partial charge in [-0.3, -0.25) is 0 Å². The normalized spacial score (nSPS) is 15.9. The maximum atomic E-state index is 7.44. The van der Waals surface area contributed by atoms with Crippen molar-refractivity contribution in [1.29, 1.82) is 0 Å². The quantitative estimate of drug-likeness (QED) is 0.750. The van der Waals surface area contributed by atoms with E-state index in [1.807, 2.05) is 0 Å². The molecule has 0 aromatic rings. The summed E-state index contributed by atoms with van der Waals surface area (Å²) in [6.45, 7) is 5.80. The number of ether oxygens (including phenoxy) is 1. The fourth-order valence-electron chi connectivity index (χ4n) is 1.27. The van der Waals surface area contributed by atoms with Crippen LogP contribution in [-0.2, 0) is 25.8 Å². The standard InChI is InChI=1S/C7H14O.C2H5O.CH4.CH3.W/c1-7(6-8-2)4-3-5-7;1-2-3;;;/h3-6H2,1-2H3;2-3H,1H3;1H4;1H3;/q;-1;;-1;+2/i;;;1D;. The molecule has 14 heavy (non-hydrogen) atoms. The van der Waals surface area contributed by atoms with Crippen LogP contribution in [0.4, 0.5) is 0 Å². The van der Waals surface area contributed by atoms with Gasteiger partial charge in [0.25, 0.3) is 0 Å². The SMILES string of the molecule is C.COCC1(C)CCC1.C[CH-]O.[2H][CH2-].[W+2]. The molecule has 1 aliphatic carbocycles. The van der Waals surface area contributed by atoms with E-state index in [4.69, 9.17) is 11.2 Å². The second-order valence-corrected chi connectivity index (χ2v) is 3.36. The molecule has 0 heterocycles. The molecule has 2 nitrogen and oxygen atoms in total. The minimum Gasteiger partial charge on any atom is -0.566 e. The van der Waals surface area contributed by atoms with Gasteiger partial charge in [-0.05, 0) is 18.3 Å². The number of rotatable bonds is 2. The first-order valence-corrected chi connectivity index (χ1v) is 4.09. The minimum atomic E-state index is 0. The average Bonchev–Trinajstić information content (AvgIpc) is 2.07. The summed E-state index contributed by atoms with van der Waals surface area (Å²) >= 11 is 0. The fraction of sp³-hybridized carbons (Fsp3) is 0.818. The third kappa shape index (κ3) is 10.7. The first kappa shape index (κ1) is 20.1. The van der Waals surface area contributed by atoms with E-state index in [-0.39, 0.29) is 28.5 Å². The number of hydrogen-bond acceptors (Lipinski definition) is 2. The van der Waals surface area contributed by atoms with Gasteiger partial charge in [0.15, 0.2) is 0 Å². The van der Waals surface area contributed by atoms with Crippen molar-refractivity contribution in [1.82, 2.24) is 0 Å². The van der Waals surface area contributed by atoms with Crippen molar-refractivity contribution in [3.05, 3.63) is 14.0 Å². The summed E-state index contributed by atoms with van der Waals surface area (Å²) in [5.74, 6) is 0. The van der Waals surface area contributed by atoms with Crippen molar-refractivity contribution < 1.29 is 32.3 Å². The van der Waals surface area contributed by atoms with Crippen molar-refractivity contribution >= 4 is 0 Å². The fourth-order valence-corrected chi connectivity index (χ4v) is 1.27. The predicted octanol–water partition coefficient (Wildman–Crippen LogP) is 3.45. The smallest absolute Gasteiger partial charge is 0.566 e. The Kier molecular flexibility index (Phi) is 19.5. The van der Waals surface area contributed by atoms with Crippen LogP contribution < -0.4 is 0 Å². The van der Waals surface area contributed by atoms with Gasteiger partial charge >= 0.3 is 21.1 Å². The first-order chi connectivity index (χ1) is 6.18. The Hall–Kier alpha value is 0.608. The first-order valence-electron chi connectivity index (χ1n) is 4.80. The largest absolute Gasteiger partial charge is 2.00 e. The molecule has 1 rings (SSSR count). The van der Waals surface area contributed by atoms with Crippen LogP contribution in [0.25, 0.3) is 0 Å². The van der Waals surface area contributed by atoms with Gasteiger partial charge in [0.1, 0.15) is 0 Å². The van der Waals surface area contributed by atoms with Gasteiger partial charge < -0.3 is 17.2 Å². The molecule has 1 fully saturated rings. The molecule has 0 spiro atoms. The summed E-state index contributed by atoms with van der Waals surface area (Å²) in [6, 6.07) is 0. The molecule has 0 saturated heterocycles. The van der Waals surface area contributed by atoms with Gasteiger partial charge in [-0.2, -0.15) is 6.92 Å². The van der Waals surface area contributed by atoms with Crippen molar-refractivity contribution in [3.63, 3.8) is 0 Å². The average molecular weight is 375 g/mol. The van der Waals surface area contributed by atoms with Crippen LogP contribution in [0.3, 0.4) is 0 Å². The summed E-state index contributed by atoms with van der Waals surface area (Å²) in [5.41, 5.74) is 0.550. The molecule has 0 atom stereocenters. The van der Waals surface area contributed by atoms with Gasteiger partial charge in [0.05, 0.1) is 6.61 Å². The van der Waals surface area contributed by atoms with Gasteiger partial charge in [-0.1, -0.05) is 20.8 Å². The van der Waals surface area contributed by atoms with E-state index < -0.39 is 0 Å². The molecule has 1 N–H and O–H groups in total. The molecular formula is C11H26O2W. The Morgan fingerprint density at radius 3 is 2.00 bits per heavy atom. The second-order valence-electron chi connectivity index (χ2n) is 3.36. The zero-order chi connectivity index (χ0) is 10.7. The molecule has 0 radical (unpaired) electrons. The van der Waals surface area contributed by atoms with E-state index in [9.17, 15) is 0 Å². The van der Waals surface area contributed by atoms with Crippen molar-refractivity contribution in [2.75, 3.05) is 13.7 Å². The van der Waals surface area contributed by atoms with E-state index >= 15 is 0 Å². The third-order valence-electron chi connectivity index (χ3n) is 2.05. The van der Waals surface area contributed by atoms with Gasteiger partial charge in [-0.25, -0.2) is 7.98 Å². The Balaban J connectivity index is -0.0000000763. The van der Waals surface area contributed by atoms with E-state index in [0.29, 0.717) is 5.41 Å². The summed E-state index contributed by atoms with van der Waals surface area (Å²) < 4.78 is 10.5. The summed E-state index contributed by atoms with van der Waals surface area (Å²) in [5, 5.41) is 7.44. The molecule has 1 saturated carbocycles. The molecule has 0 amide bonds. The van der Waals surface area contributed by atoms with Crippen LogP contribution in [0.15, 0.2) is 0 Å². The zero-order valence-corrected chi connectivity index (χ0v) is 11.8. The maximum absolute atomic E-state index is 7.44. The van der Waals surface area contributed by atoms with Gasteiger partial charge in [0, 0.05) is 7.11 Å². The zero-order valence-electron chi connectivity index (χ0n) is 9.88. The van der Waals surface area contributed by atoms with Crippen molar-refractivity contribution in [3.8, 4) is 0 Å². The van der Waals surface area contributed by atoms with E-state index in [0.717, 1.165) is 13.2 Å². The molecule has 1 aliphatic rings. The van der Waals surface area contributed by atoms with Crippen LogP contribution in [-0.4, -0.2) is 18.8 Å². The molecular weight excluding hydrogens is 348 g/mol. The Bertz CT molecular complexity index is 98.6. The number of methoxy groups -OCH3 is 1. The second kappa shape index (κ2) is 13.6. The van der Waals surface area contributed by atoms with Crippen molar-refractivity contribution in [2.45, 2.75) is 40.5 Å². The van der Waals surface area contributed by atoms with E-state index in [2.05, 4.69) is 14.3 Å². The van der Waals surface area contributed by atoms with Crippen LogP contribution in [0, 0.1) is 19.4 Å². The Morgan fingerprint density at radius 1 is 1.57 bits per heavy atom. The number of aliphatic hydroxyl groups is 1. The minimum absolute atomic E-state index is 0. The van der Waals surface area contributed by atoms with Crippen molar-refractivity contribution in [2.24, 2.45) is 5.41 Å². The van der Waals surface area contributed by atoms with Crippen LogP contribution in [0.2, 0.25) is 0 Å². The van der Waals surface area contributed by atoms with Gasteiger partial charge in [0.2, 0.25) is 0 Å². The van der Waals surface area contributed by atoms with Gasteiger partial charge in [-0.15, -0.1) is 0 Å². The topological polar surface area (TPSA) is 29.5 Å². The summed E-state index contributed by atoms with van der Waals surface area (Å²) in [7, 11) is 4.28. The molecule has 0 unspecified atom stereocenters. The maximum Gasteiger partial charge on any atom is 2.00 e. The predicted molar refractivity (Wildman–Crippen MR) is 58.9 cm³/mol. The Morgan fingerprint density at radius 2 is 1.93 bits per heavy atom. The molecule has 0 bridgehead atoms. The molecule has 3 heteroatoms. The molecule has 88 valence electrons. The summed E-state index contributed by atoms with van der Waals surface area (Å²) in [4.78, 5) is 0. The molecule has 0 aliphatic heterocycles. The Labute approximate surface area is 106 Å². The van der Waals surface area contributed by atoms with E-state index in [1.54, 1.807) is 14.0 Å². The van der Waals surface area contributed by atoms with Crippen LogP contribution in [0.1, 0.15) is 41.9 Å².